The van der Waals surface area contributed by atoms with Crippen molar-refractivity contribution in [3.8, 4) is 5.75 Å². The molecular formula is C13H11ClF3NOS. The molecule has 2 rings (SSSR count). The molecule has 0 saturated heterocycles. The second kappa shape index (κ2) is 5.93. The zero-order valence-corrected chi connectivity index (χ0v) is 11.9. The third kappa shape index (κ3) is 4.31. The Kier molecular flexibility index (Phi) is 4.45. The molecule has 1 heterocycles. The van der Waals surface area contributed by atoms with Gasteiger partial charge < -0.3 is 10.1 Å². The fourth-order valence-electron chi connectivity index (χ4n) is 1.63. The van der Waals surface area contributed by atoms with E-state index in [4.69, 9.17) is 11.6 Å². The van der Waals surface area contributed by atoms with E-state index in [1.165, 1.54) is 35.6 Å². The first kappa shape index (κ1) is 15.0. The quantitative estimate of drug-likeness (QED) is 0.805. The normalized spacial score (nSPS) is 13.1. The van der Waals surface area contributed by atoms with Gasteiger partial charge in [0.15, 0.2) is 0 Å². The molecule has 0 aliphatic rings. The minimum atomic E-state index is -4.67. The molecule has 7 heteroatoms. The zero-order valence-electron chi connectivity index (χ0n) is 10.4. The van der Waals surface area contributed by atoms with Crippen molar-refractivity contribution in [1.82, 2.24) is 0 Å². The first-order chi connectivity index (χ1) is 9.33. The Balaban J connectivity index is 2.00. The number of halogens is 4. The Morgan fingerprint density at radius 1 is 1.15 bits per heavy atom. The number of thiophene rings is 1. The average Bonchev–Trinajstić information content (AvgIpc) is 2.77. The van der Waals surface area contributed by atoms with Crippen molar-refractivity contribution in [3.63, 3.8) is 0 Å². The summed E-state index contributed by atoms with van der Waals surface area (Å²) in [5.74, 6) is -0.241. The largest absolute Gasteiger partial charge is 0.573 e. The fraction of sp³-hybridized carbons (Fsp3) is 0.231. The van der Waals surface area contributed by atoms with Crippen LogP contribution in [0.3, 0.4) is 0 Å². The van der Waals surface area contributed by atoms with Crippen molar-refractivity contribution in [2.75, 3.05) is 5.32 Å². The molecule has 2 aromatic rings. The Hall–Kier alpha value is -1.40. The number of alkyl halides is 3. The van der Waals surface area contributed by atoms with Crippen LogP contribution in [-0.4, -0.2) is 6.36 Å². The maximum absolute atomic E-state index is 12.0. The Morgan fingerprint density at radius 3 is 2.30 bits per heavy atom. The summed E-state index contributed by atoms with van der Waals surface area (Å²) in [7, 11) is 0. The van der Waals surface area contributed by atoms with Gasteiger partial charge in [0.25, 0.3) is 0 Å². The first-order valence-electron chi connectivity index (χ1n) is 5.71. The lowest BCUT2D eigenvalue weighted by Gasteiger charge is -2.14. The van der Waals surface area contributed by atoms with Crippen LogP contribution in [0.1, 0.15) is 17.8 Å². The monoisotopic (exact) mass is 321 g/mol. The average molecular weight is 322 g/mol. The lowest BCUT2D eigenvalue weighted by atomic mass is 10.2. The van der Waals surface area contributed by atoms with Gasteiger partial charge in [-0.05, 0) is 43.3 Å². The van der Waals surface area contributed by atoms with Crippen molar-refractivity contribution in [2.45, 2.75) is 19.3 Å². The molecule has 0 aliphatic carbocycles. The second-order valence-corrected chi connectivity index (χ2v) is 5.83. The summed E-state index contributed by atoms with van der Waals surface area (Å²) in [6.45, 7) is 1.95. The molecule has 1 unspecified atom stereocenters. The molecule has 1 aromatic carbocycles. The van der Waals surface area contributed by atoms with Crippen LogP contribution in [0.4, 0.5) is 18.9 Å². The summed E-state index contributed by atoms with van der Waals surface area (Å²) in [5.41, 5.74) is 0.705. The highest BCUT2D eigenvalue weighted by molar-refractivity contribution is 7.16. The van der Waals surface area contributed by atoms with Crippen LogP contribution < -0.4 is 10.1 Å². The topological polar surface area (TPSA) is 21.3 Å². The summed E-state index contributed by atoms with van der Waals surface area (Å²) >= 11 is 7.31. The van der Waals surface area contributed by atoms with Crippen molar-refractivity contribution in [2.24, 2.45) is 0 Å². The molecule has 0 aliphatic heterocycles. The lowest BCUT2D eigenvalue weighted by molar-refractivity contribution is -0.274. The van der Waals surface area contributed by atoms with Gasteiger partial charge in [-0.1, -0.05) is 11.6 Å². The summed E-state index contributed by atoms with van der Waals surface area (Å²) in [5, 5.41) is 3.18. The van der Waals surface area contributed by atoms with E-state index < -0.39 is 6.36 Å². The van der Waals surface area contributed by atoms with Gasteiger partial charge in [-0.2, -0.15) is 0 Å². The van der Waals surface area contributed by atoms with Crippen molar-refractivity contribution >= 4 is 28.6 Å². The van der Waals surface area contributed by atoms with Crippen molar-refractivity contribution in [3.05, 3.63) is 45.6 Å². The Labute approximate surface area is 123 Å². The molecule has 1 atom stereocenters. The molecule has 2 nitrogen and oxygen atoms in total. The highest BCUT2D eigenvalue weighted by atomic mass is 35.5. The van der Waals surface area contributed by atoms with Gasteiger partial charge in [0.1, 0.15) is 5.75 Å². The van der Waals surface area contributed by atoms with Gasteiger partial charge in [0.2, 0.25) is 0 Å². The predicted molar refractivity (Wildman–Crippen MR) is 74.5 cm³/mol. The number of hydrogen-bond donors (Lipinski definition) is 1. The fourth-order valence-corrected chi connectivity index (χ4v) is 2.70. The van der Waals surface area contributed by atoms with Crippen molar-refractivity contribution in [1.29, 1.82) is 0 Å². The highest BCUT2D eigenvalue weighted by Gasteiger charge is 2.30. The maximum atomic E-state index is 12.0. The number of hydrogen-bond acceptors (Lipinski definition) is 3. The molecule has 0 fully saturated rings. The number of ether oxygens (including phenoxy) is 1. The summed E-state index contributed by atoms with van der Waals surface area (Å²) in [6, 6.07) is 9.33. The van der Waals surface area contributed by atoms with Crippen LogP contribution in [0.15, 0.2) is 36.4 Å². The van der Waals surface area contributed by atoms with Crippen LogP contribution in [0.2, 0.25) is 4.34 Å². The molecule has 1 aromatic heterocycles. The molecule has 108 valence electrons. The molecule has 20 heavy (non-hydrogen) atoms. The third-order valence-electron chi connectivity index (χ3n) is 2.49. The van der Waals surface area contributed by atoms with Gasteiger partial charge in [0, 0.05) is 10.6 Å². The predicted octanol–water partition coefficient (Wildman–Crippen LogP) is 5.47. The van der Waals surface area contributed by atoms with Gasteiger partial charge in [-0.25, -0.2) is 0 Å². The van der Waals surface area contributed by atoms with E-state index >= 15 is 0 Å². The molecule has 0 amide bonds. The smallest absolute Gasteiger partial charge is 0.406 e. The number of nitrogens with one attached hydrogen (secondary N) is 1. The van der Waals surface area contributed by atoms with E-state index in [1.807, 2.05) is 13.0 Å². The van der Waals surface area contributed by atoms with Gasteiger partial charge in [0.05, 0.1) is 10.4 Å². The Morgan fingerprint density at radius 2 is 1.80 bits per heavy atom. The van der Waals surface area contributed by atoms with E-state index in [-0.39, 0.29) is 11.8 Å². The standard InChI is InChI=1S/C13H11ClF3NOS/c1-8(11-6-7-12(14)20-11)18-9-2-4-10(5-3-9)19-13(15,16)17/h2-8,18H,1H3. The summed E-state index contributed by atoms with van der Waals surface area (Å²) in [6.07, 6.45) is -4.67. The lowest BCUT2D eigenvalue weighted by Crippen LogP contribution is -2.17. The van der Waals surface area contributed by atoms with E-state index in [9.17, 15) is 13.2 Å². The number of rotatable bonds is 4. The van der Waals surface area contributed by atoms with Gasteiger partial charge in [-0.3, -0.25) is 0 Å². The molecule has 1 N–H and O–H groups in total. The highest BCUT2D eigenvalue weighted by Crippen LogP contribution is 2.30. The van der Waals surface area contributed by atoms with Crippen LogP contribution in [-0.2, 0) is 0 Å². The zero-order chi connectivity index (χ0) is 14.8. The first-order valence-corrected chi connectivity index (χ1v) is 6.90. The van der Waals surface area contributed by atoms with Gasteiger partial charge in [-0.15, -0.1) is 24.5 Å². The minimum Gasteiger partial charge on any atom is -0.406 e. The van der Waals surface area contributed by atoms with Crippen LogP contribution in [0, 0.1) is 0 Å². The molecule has 0 saturated carbocycles. The van der Waals surface area contributed by atoms with E-state index in [0.29, 0.717) is 10.0 Å². The molecular weight excluding hydrogens is 311 g/mol. The van der Waals surface area contributed by atoms with Crippen LogP contribution in [0.25, 0.3) is 0 Å². The van der Waals surface area contributed by atoms with Crippen LogP contribution in [0.5, 0.6) is 5.75 Å². The summed E-state index contributed by atoms with van der Waals surface area (Å²) < 4.78 is 40.6. The number of anilines is 1. The van der Waals surface area contributed by atoms with E-state index in [2.05, 4.69) is 10.1 Å². The van der Waals surface area contributed by atoms with E-state index in [0.717, 1.165) is 4.88 Å². The van der Waals surface area contributed by atoms with Crippen molar-refractivity contribution < 1.29 is 17.9 Å². The minimum absolute atomic E-state index is 0.0156. The Bertz CT molecular complexity index is 568. The maximum Gasteiger partial charge on any atom is 0.573 e. The molecule has 0 spiro atoms. The molecule has 0 radical (unpaired) electrons. The molecule has 0 bridgehead atoms. The number of benzene rings is 1. The van der Waals surface area contributed by atoms with E-state index in [1.54, 1.807) is 6.07 Å². The second-order valence-electron chi connectivity index (χ2n) is 4.08. The third-order valence-corrected chi connectivity index (χ3v) is 3.91. The SMILES string of the molecule is CC(Nc1ccc(OC(F)(F)F)cc1)c1ccc(Cl)s1. The van der Waals surface area contributed by atoms with Gasteiger partial charge >= 0.3 is 6.36 Å². The van der Waals surface area contributed by atoms with Crippen LogP contribution >= 0.6 is 22.9 Å². The summed E-state index contributed by atoms with van der Waals surface area (Å²) in [4.78, 5) is 1.05.